The van der Waals surface area contributed by atoms with E-state index in [1.165, 1.54) is 68.8 Å². The zero-order valence-electron chi connectivity index (χ0n) is 34.2. The Bertz CT molecular complexity index is 2280. The van der Waals surface area contributed by atoms with Crippen LogP contribution in [-0.2, 0) is 50.3 Å². The van der Waals surface area contributed by atoms with Crippen LogP contribution in [0, 0.1) is 11.8 Å². The second kappa shape index (κ2) is 19.9. The first-order valence-electron chi connectivity index (χ1n) is 18.9. The van der Waals surface area contributed by atoms with Gasteiger partial charge in [-0.2, -0.15) is 0 Å². The van der Waals surface area contributed by atoms with Crippen LogP contribution in [0.1, 0.15) is 53.5 Å². The minimum Gasteiger partial charge on any atom is -0.497 e. The molecule has 0 heterocycles. The van der Waals surface area contributed by atoms with Crippen molar-refractivity contribution in [2.75, 3.05) is 49.1 Å². The first kappa shape index (κ1) is 45.4. The number of carbonyl (C=O) groups excluding carboxylic acids is 3. The Morgan fingerprint density at radius 3 is 1.53 bits per heavy atom. The summed E-state index contributed by atoms with van der Waals surface area (Å²) in [5.41, 5.74) is 0.241. The van der Waals surface area contributed by atoms with E-state index in [1.54, 1.807) is 38.1 Å². The molecular formula is C42H53N3O11S2. The molecule has 16 heteroatoms. The number of nitrogens with one attached hydrogen (secondary N) is 1. The fourth-order valence-electron chi connectivity index (χ4n) is 5.91. The number of carbonyl (C=O) groups is 3. The molecule has 0 aliphatic rings. The molecule has 314 valence electrons. The summed E-state index contributed by atoms with van der Waals surface area (Å²) in [4.78, 5) is 39.8. The summed E-state index contributed by atoms with van der Waals surface area (Å²) in [5, 5.41) is 3.28. The van der Waals surface area contributed by atoms with Crippen molar-refractivity contribution < 1.29 is 50.2 Å². The molecule has 58 heavy (non-hydrogen) atoms. The lowest BCUT2D eigenvalue weighted by Gasteiger charge is -2.31. The largest absolute Gasteiger partial charge is 0.497 e. The number of amides is 1. The number of sulfonamides is 2. The third kappa shape index (κ3) is 11.4. The Morgan fingerprint density at radius 1 is 0.638 bits per heavy atom. The van der Waals surface area contributed by atoms with Crippen LogP contribution in [-0.4, -0.2) is 81.2 Å². The minimum absolute atomic E-state index is 0.0140. The minimum atomic E-state index is -4.57. The number of hydrogen-bond donors (Lipinski definition) is 1. The molecule has 4 aromatic carbocycles. The van der Waals surface area contributed by atoms with E-state index in [4.69, 9.17) is 18.9 Å². The van der Waals surface area contributed by atoms with Crippen LogP contribution in [0.15, 0.2) is 88.7 Å². The molecule has 0 bridgehead atoms. The highest BCUT2D eigenvalue weighted by atomic mass is 32.2. The van der Waals surface area contributed by atoms with Crippen LogP contribution in [0.25, 0.3) is 10.8 Å². The van der Waals surface area contributed by atoms with Crippen molar-refractivity contribution in [1.29, 1.82) is 0 Å². The summed E-state index contributed by atoms with van der Waals surface area (Å²) in [6, 6.07) is 19.0. The van der Waals surface area contributed by atoms with E-state index in [9.17, 15) is 31.2 Å². The smallest absolute Gasteiger partial charge is 0.326 e. The fourth-order valence-corrected chi connectivity index (χ4v) is 8.80. The number of hydrogen-bond acceptors (Lipinski definition) is 11. The quantitative estimate of drug-likeness (QED) is 0.102. The summed E-state index contributed by atoms with van der Waals surface area (Å²) in [7, 11) is -6.22. The zero-order valence-corrected chi connectivity index (χ0v) is 35.8. The van der Waals surface area contributed by atoms with Crippen LogP contribution in [0.2, 0.25) is 0 Å². The average Bonchev–Trinajstić information content (AvgIpc) is 3.19. The van der Waals surface area contributed by atoms with E-state index in [0.29, 0.717) is 11.5 Å². The number of ether oxygens (including phenoxy) is 4. The van der Waals surface area contributed by atoms with Gasteiger partial charge in [-0.3, -0.25) is 23.0 Å². The van der Waals surface area contributed by atoms with Crippen LogP contribution >= 0.6 is 0 Å². The molecule has 0 fully saturated rings. The molecule has 0 saturated heterocycles. The van der Waals surface area contributed by atoms with E-state index in [1.807, 2.05) is 27.7 Å². The highest BCUT2D eigenvalue weighted by Crippen LogP contribution is 2.42. The number of anilines is 2. The molecular weight excluding hydrogens is 787 g/mol. The van der Waals surface area contributed by atoms with Crippen LogP contribution < -0.4 is 23.4 Å². The number of rotatable bonds is 20. The molecule has 0 saturated carbocycles. The van der Waals surface area contributed by atoms with Gasteiger partial charge in [0.05, 0.1) is 48.6 Å². The van der Waals surface area contributed by atoms with Crippen LogP contribution in [0.3, 0.4) is 0 Å². The number of aryl methyl sites for hydroxylation is 1. The summed E-state index contributed by atoms with van der Waals surface area (Å²) in [6.07, 6.45) is -0.242. The first-order valence-corrected chi connectivity index (χ1v) is 21.8. The second-order valence-electron chi connectivity index (χ2n) is 14.7. The third-order valence-corrected chi connectivity index (χ3v) is 12.2. The lowest BCUT2D eigenvalue weighted by molar-refractivity contribution is -0.143. The van der Waals surface area contributed by atoms with Crippen molar-refractivity contribution in [3.8, 4) is 11.5 Å². The molecule has 0 spiro atoms. The van der Waals surface area contributed by atoms with Crippen molar-refractivity contribution in [2.24, 2.45) is 11.8 Å². The van der Waals surface area contributed by atoms with Crippen molar-refractivity contribution >= 4 is 60.0 Å². The number of methoxy groups -OCH3 is 2. The highest BCUT2D eigenvalue weighted by molar-refractivity contribution is 7.93. The van der Waals surface area contributed by atoms with Crippen LogP contribution in [0.4, 0.5) is 11.4 Å². The van der Waals surface area contributed by atoms with Gasteiger partial charge in [-0.05, 0) is 92.3 Å². The fraction of sp³-hybridized carbons (Fsp3) is 0.405. The Balaban J connectivity index is 2.08. The van der Waals surface area contributed by atoms with E-state index in [-0.39, 0.29) is 87.3 Å². The van der Waals surface area contributed by atoms with Crippen molar-refractivity contribution in [3.05, 3.63) is 84.4 Å². The molecule has 0 radical (unpaired) electrons. The molecule has 4 rings (SSSR count). The lowest BCUT2D eigenvalue weighted by Crippen LogP contribution is -2.39. The Hall–Kier alpha value is -5.35. The van der Waals surface area contributed by atoms with Gasteiger partial charge in [0, 0.05) is 23.2 Å². The van der Waals surface area contributed by atoms with Gasteiger partial charge in [-0.1, -0.05) is 52.0 Å². The third-order valence-electron chi connectivity index (χ3n) is 8.66. The molecule has 0 aliphatic heterocycles. The number of nitrogens with zero attached hydrogens (tertiary/aromatic N) is 2. The van der Waals surface area contributed by atoms with Crippen molar-refractivity contribution in [3.63, 3.8) is 0 Å². The van der Waals surface area contributed by atoms with Gasteiger partial charge < -0.3 is 24.3 Å². The van der Waals surface area contributed by atoms with Crippen molar-refractivity contribution in [2.45, 2.75) is 70.2 Å². The Kier molecular flexibility index (Phi) is 15.5. The van der Waals surface area contributed by atoms with E-state index in [0.717, 1.165) is 8.61 Å². The summed E-state index contributed by atoms with van der Waals surface area (Å²) >= 11 is 0. The maximum Gasteiger partial charge on any atom is 0.326 e. The van der Waals surface area contributed by atoms with E-state index in [2.05, 4.69) is 5.32 Å². The summed E-state index contributed by atoms with van der Waals surface area (Å²) in [6.45, 7) is 9.53. The molecule has 1 N–H and O–H groups in total. The summed E-state index contributed by atoms with van der Waals surface area (Å²) in [5.74, 6) is -1.28. The van der Waals surface area contributed by atoms with Gasteiger partial charge >= 0.3 is 11.9 Å². The van der Waals surface area contributed by atoms with Crippen LogP contribution in [0.5, 0.6) is 11.5 Å². The molecule has 1 amide bonds. The second-order valence-corrected chi connectivity index (χ2v) is 18.4. The maximum atomic E-state index is 14.8. The zero-order chi connectivity index (χ0) is 42.8. The monoisotopic (exact) mass is 839 g/mol. The standard InChI is InChI=1S/C42H53N3O11S2/c1-28(2)26-55-40(47)24-44(57(49,50)34-18-14-32(53-7)15-19-34)38-23-31(13-22-39(46)43-30(5)6)42(37-12-10-9-11-36(37)38)45(25-41(48)56-27-29(3)4)58(51,52)35-20-16-33(54-8)17-21-35/h9-12,14-21,23,28-30H,13,22,24-27H2,1-8H3,(H,43,46). The Labute approximate surface area is 341 Å². The molecule has 14 nitrogen and oxygen atoms in total. The predicted octanol–water partition coefficient (Wildman–Crippen LogP) is 6.10. The lowest BCUT2D eigenvalue weighted by atomic mass is 9.98. The van der Waals surface area contributed by atoms with Gasteiger partial charge in [0.1, 0.15) is 24.6 Å². The van der Waals surface area contributed by atoms with Gasteiger partial charge in [0.15, 0.2) is 0 Å². The van der Waals surface area contributed by atoms with Crippen molar-refractivity contribution in [1.82, 2.24) is 5.32 Å². The van der Waals surface area contributed by atoms with E-state index >= 15 is 0 Å². The van der Waals surface area contributed by atoms with Gasteiger partial charge in [-0.15, -0.1) is 0 Å². The number of fused-ring (bicyclic) bond motifs is 1. The molecule has 0 atom stereocenters. The Morgan fingerprint density at radius 2 is 1.09 bits per heavy atom. The number of benzene rings is 4. The normalized spacial score (nSPS) is 11.8. The molecule has 0 aromatic heterocycles. The summed E-state index contributed by atoms with van der Waals surface area (Å²) < 4.78 is 82.2. The average molecular weight is 840 g/mol. The van der Waals surface area contributed by atoms with Gasteiger partial charge in [0.2, 0.25) is 5.91 Å². The molecule has 0 unspecified atom stereocenters. The van der Waals surface area contributed by atoms with Gasteiger partial charge in [-0.25, -0.2) is 16.8 Å². The number of esters is 2. The predicted molar refractivity (Wildman–Crippen MR) is 222 cm³/mol. The molecule has 4 aromatic rings. The molecule has 0 aliphatic carbocycles. The SMILES string of the molecule is COc1ccc(S(=O)(=O)N(CC(=O)OCC(C)C)c2cc(CCC(=O)NC(C)C)c(N(CC(=O)OCC(C)C)S(=O)(=O)c3ccc(OC)cc3)c3ccccc23)cc1. The topological polar surface area (TPSA) is 175 Å². The highest BCUT2D eigenvalue weighted by Gasteiger charge is 2.35. The van der Waals surface area contributed by atoms with E-state index < -0.39 is 45.1 Å². The first-order chi connectivity index (χ1) is 27.4. The maximum absolute atomic E-state index is 14.8. The van der Waals surface area contributed by atoms with Gasteiger partial charge in [0.25, 0.3) is 20.0 Å².